The molecular weight excluding hydrogens is 393 g/mol. The minimum absolute atomic E-state index is 0.241. The molecule has 0 fully saturated rings. The molecule has 0 saturated carbocycles. The lowest BCUT2D eigenvalue weighted by molar-refractivity contribution is 0.102. The number of benzene rings is 2. The Morgan fingerprint density at radius 3 is 2.46 bits per heavy atom. The van der Waals surface area contributed by atoms with Crippen molar-refractivity contribution in [1.82, 2.24) is 9.97 Å². The van der Waals surface area contributed by atoms with Crippen LogP contribution < -0.4 is 5.32 Å². The number of pyridine rings is 2. The van der Waals surface area contributed by atoms with E-state index in [0.717, 1.165) is 27.7 Å². The lowest BCUT2D eigenvalue weighted by atomic mass is 9.97. The van der Waals surface area contributed by atoms with Crippen LogP contribution in [0.25, 0.3) is 22.2 Å². The van der Waals surface area contributed by atoms with E-state index in [-0.39, 0.29) is 11.1 Å². The molecule has 2 aromatic heterocycles. The number of para-hydroxylation sites is 1. The normalized spacial score (nSPS) is 10.8. The summed E-state index contributed by atoms with van der Waals surface area (Å²) in [5.74, 6) is -0.263. The molecule has 1 amide bonds. The molecule has 0 atom stereocenters. The summed E-state index contributed by atoms with van der Waals surface area (Å²) in [6.45, 7) is 1.89. The average Bonchev–Trinajstić information content (AvgIpc) is 2.70. The van der Waals surface area contributed by atoms with Gasteiger partial charge in [-0.1, -0.05) is 53.5 Å². The average molecular weight is 408 g/mol. The molecule has 0 spiro atoms. The van der Waals surface area contributed by atoms with Crippen molar-refractivity contribution < 1.29 is 4.79 Å². The fourth-order valence-corrected chi connectivity index (χ4v) is 3.45. The topological polar surface area (TPSA) is 54.9 Å². The summed E-state index contributed by atoms with van der Waals surface area (Å²) in [5.41, 5.74) is 4.15. The van der Waals surface area contributed by atoms with Crippen molar-refractivity contribution in [2.75, 3.05) is 5.32 Å². The van der Waals surface area contributed by atoms with Crippen LogP contribution in [0.5, 0.6) is 0 Å². The third-order valence-corrected chi connectivity index (χ3v) is 5.04. The number of rotatable bonds is 3. The summed E-state index contributed by atoms with van der Waals surface area (Å²) in [6, 6.07) is 18.4. The van der Waals surface area contributed by atoms with E-state index in [1.807, 2.05) is 55.5 Å². The summed E-state index contributed by atoms with van der Waals surface area (Å²) < 4.78 is 0. The van der Waals surface area contributed by atoms with Gasteiger partial charge in [-0.2, -0.15) is 0 Å². The van der Waals surface area contributed by atoms with Gasteiger partial charge >= 0.3 is 0 Å². The third kappa shape index (κ3) is 3.44. The molecule has 0 bridgehead atoms. The van der Waals surface area contributed by atoms with Crippen molar-refractivity contribution >= 4 is 45.7 Å². The number of aromatic nitrogens is 2. The van der Waals surface area contributed by atoms with Crippen LogP contribution in [0, 0.1) is 6.92 Å². The van der Waals surface area contributed by atoms with Gasteiger partial charge in [-0.05, 0) is 42.8 Å². The van der Waals surface area contributed by atoms with Crippen LogP contribution in [0.15, 0.2) is 66.9 Å². The fourth-order valence-electron chi connectivity index (χ4n) is 3.15. The lowest BCUT2D eigenvalue weighted by Crippen LogP contribution is -2.15. The van der Waals surface area contributed by atoms with Gasteiger partial charge in [0.1, 0.15) is 0 Å². The van der Waals surface area contributed by atoms with Crippen LogP contribution in [0.1, 0.15) is 15.9 Å². The van der Waals surface area contributed by atoms with Gasteiger partial charge in [0.25, 0.3) is 5.91 Å². The Kier molecular flexibility index (Phi) is 4.99. The highest BCUT2D eigenvalue weighted by Crippen LogP contribution is 2.31. The second kappa shape index (κ2) is 7.58. The van der Waals surface area contributed by atoms with Crippen LogP contribution in [0.4, 0.5) is 5.69 Å². The molecule has 4 aromatic rings. The van der Waals surface area contributed by atoms with Crippen molar-refractivity contribution in [2.24, 2.45) is 0 Å². The largest absolute Gasteiger partial charge is 0.319 e. The molecule has 28 heavy (non-hydrogen) atoms. The quantitative estimate of drug-likeness (QED) is 0.413. The number of hydrogen-bond acceptors (Lipinski definition) is 3. The van der Waals surface area contributed by atoms with E-state index in [2.05, 4.69) is 10.3 Å². The van der Waals surface area contributed by atoms with Gasteiger partial charge in [-0.3, -0.25) is 4.79 Å². The predicted octanol–water partition coefficient (Wildman–Crippen LogP) is 6.16. The lowest BCUT2D eigenvalue weighted by Gasteiger charge is -2.15. The zero-order valence-corrected chi connectivity index (χ0v) is 16.4. The molecule has 0 saturated heterocycles. The molecule has 0 unspecified atom stereocenters. The fraction of sp³-hybridized carbons (Fsp3) is 0.0455. The molecule has 2 aromatic carbocycles. The first-order valence-electron chi connectivity index (χ1n) is 8.62. The number of nitrogens with one attached hydrogen (secondary N) is 1. The Hall–Kier alpha value is -2.95. The van der Waals surface area contributed by atoms with E-state index in [4.69, 9.17) is 28.2 Å². The van der Waals surface area contributed by atoms with Crippen LogP contribution >= 0.6 is 23.2 Å². The highest BCUT2D eigenvalue weighted by atomic mass is 35.5. The minimum Gasteiger partial charge on any atom is -0.319 e. The van der Waals surface area contributed by atoms with Gasteiger partial charge in [0.15, 0.2) is 5.15 Å². The van der Waals surface area contributed by atoms with Crippen molar-refractivity contribution in [3.8, 4) is 11.3 Å². The molecule has 4 rings (SSSR count). The number of carbonyl (C=O) groups is 1. The van der Waals surface area contributed by atoms with E-state index in [1.165, 1.54) is 0 Å². The number of halogens is 2. The zero-order chi connectivity index (χ0) is 19.7. The Bertz CT molecular complexity index is 1190. The monoisotopic (exact) mass is 407 g/mol. The second-order valence-corrected chi connectivity index (χ2v) is 7.07. The van der Waals surface area contributed by atoms with Crippen LogP contribution in [-0.4, -0.2) is 15.9 Å². The molecule has 2 heterocycles. The Morgan fingerprint density at radius 2 is 1.71 bits per heavy atom. The van der Waals surface area contributed by atoms with Gasteiger partial charge in [-0.25, -0.2) is 9.97 Å². The van der Waals surface area contributed by atoms with Crippen LogP contribution in [-0.2, 0) is 0 Å². The standard InChI is InChI=1S/C22H15Cl2N3O/c1-13-19(22(28)27-18-7-4-12-25-21(18)24)16-5-2-3-6-17(16)26-20(13)14-8-10-15(23)11-9-14/h2-12H,1H3,(H,27,28). The molecular formula is C22H15Cl2N3O. The first kappa shape index (κ1) is 18.4. The van der Waals surface area contributed by atoms with Gasteiger partial charge in [0, 0.05) is 22.2 Å². The molecule has 0 aliphatic rings. The summed E-state index contributed by atoms with van der Waals surface area (Å²) in [5, 5.41) is 4.52. The van der Waals surface area contributed by atoms with Crippen molar-refractivity contribution in [1.29, 1.82) is 0 Å². The first-order valence-corrected chi connectivity index (χ1v) is 9.37. The summed E-state index contributed by atoms with van der Waals surface area (Å²) >= 11 is 12.1. The zero-order valence-electron chi connectivity index (χ0n) is 14.9. The van der Waals surface area contributed by atoms with Crippen LogP contribution in [0.3, 0.4) is 0 Å². The van der Waals surface area contributed by atoms with Gasteiger partial charge in [0.05, 0.1) is 22.5 Å². The Balaban J connectivity index is 1.89. The van der Waals surface area contributed by atoms with E-state index in [0.29, 0.717) is 16.3 Å². The van der Waals surface area contributed by atoms with Gasteiger partial charge in [-0.15, -0.1) is 0 Å². The smallest absolute Gasteiger partial charge is 0.256 e. The maximum atomic E-state index is 13.2. The molecule has 6 heteroatoms. The summed E-state index contributed by atoms with van der Waals surface area (Å²) in [6.07, 6.45) is 1.57. The molecule has 138 valence electrons. The van der Waals surface area contributed by atoms with Crippen molar-refractivity contribution in [2.45, 2.75) is 6.92 Å². The highest BCUT2D eigenvalue weighted by Gasteiger charge is 2.19. The number of anilines is 1. The maximum Gasteiger partial charge on any atom is 0.256 e. The van der Waals surface area contributed by atoms with E-state index < -0.39 is 0 Å². The number of nitrogens with zero attached hydrogens (tertiary/aromatic N) is 2. The van der Waals surface area contributed by atoms with Gasteiger partial charge < -0.3 is 5.32 Å². The number of hydrogen-bond donors (Lipinski definition) is 1. The van der Waals surface area contributed by atoms with Crippen molar-refractivity contribution in [3.05, 3.63) is 88.2 Å². The van der Waals surface area contributed by atoms with Crippen LogP contribution in [0.2, 0.25) is 10.2 Å². The molecule has 0 aliphatic carbocycles. The summed E-state index contributed by atoms with van der Waals surface area (Å²) in [4.78, 5) is 22.0. The molecule has 1 N–H and O–H groups in total. The molecule has 4 nitrogen and oxygen atoms in total. The molecule has 0 radical (unpaired) electrons. The van der Waals surface area contributed by atoms with E-state index in [1.54, 1.807) is 18.3 Å². The first-order chi connectivity index (χ1) is 13.5. The van der Waals surface area contributed by atoms with Crippen molar-refractivity contribution in [3.63, 3.8) is 0 Å². The SMILES string of the molecule is Cc1c(-c2ccc(Cl)cc2)nc2ccccc2c1C(=O)Nc1cccnc1Cl. The highest BCUT2D eigenvalue weighted by molar-refractivity contribution is 6.33. The Labute approximate surface area is 172 Å². The second-order valence-electron chi connectivity index (χ2n) is 6.28. The predicted molar refractivity (Wildman–Crippen MR) is 114 cm³/mol. The number of carbonyl (C=O) groups excluding carboxylic acids is 1. The number of fused-ring (bicyclic) bond motifs is 1. The summed E-state index contributed by atoms with van der Waals surface area (Å²) in [7, 11) is 0. The molecule has 0 aliphatic heterocycles. The number of amides is 1. The third-order valence-electron chi connectivity index (χ3n) is 4.49. The maximum absolute atomic E-state index is 13.2. The van der Waals surface area contributed by atoms with E-state index >= 15 is 0 Å². The van der Waals surface area contributed by atoms with Gasteiger partial charge in [0.2, 0.25) is 0 Å². The minimum atomic E-state index is -0.263. The Morgan fingerprint density at radius 1 is 0.964 bits per heavy atom. The van der Waals surface area contributed by atoms with E-state index in [9.17, 15) is 4.79 Å².